The molecule has 1 aliphatic carbocycles. The summed E-state index contributed by atoms with van der Waals surface area (Å²) in [5.74, 6) is 0.261. The molecule has 3 rings (SSSR count). The number of thiazole rings is 1. The number of fused-ring (bicyclic) bond motifs is 1. The molecule has 108 valence electrons. The highest BCUT2D eigenvalue weighted by molar-refractivity contribution is 7.99. The van der Waals surface area contributed by atoms with Crippen molar-refractivity contribution in [1.29, 1.82) is 0 Å². The molecule has 2 N–H and O–H groups in total. The van der Waals surface area contributed by atoms with Gasteiger partial charge in [-0.1, -0.05) is 0 Å². The van der Waals surface area contributed by atoms with Gasteiger partial charge in [0, 0.05) is 22.9 Å². The summed E-state index contributed by atoms with van der Waals surface area (Å²) >= 11 is 3.06. The number of anilines is 1. The van der Waals surface area contributed by atoms with Crippen molar-refractivity contribution in [1.82, 2.24) is 9.88 Å². The van der Waals surface area contributed by atoms with E-state index in [1.807, 2.05) is 0 Å². The van der Waals surface area contributed by atoms with Gasteiger partial charge in [0.2, 0.25) is 0 Å². The van der Waals surface area contributed by atoms with Gasteiger partial charge in [0.25, 0.3) is 0 Å². The van der Waals surface area contributed by atoms with E-state index in [4.69, 9.17) is 0 Å². The predicted molar refractivity (Wildman–Crippen MR) is 78.6 cm³/mol. The highest BCUT2D eigenvalue weighted by atomic mass is 32.2. The molecular formula is C12H15N3O3S2. The Hall–Kier alpha value is -1.28. The Morgan fingerprint density at radius 3 is 3.00 bits per heavy atom. The molecule has 1 saturated heterocycles. The number of hydrogen-bond donors (Lipinski definition) is 2. The molecule has 8 heteroatoms. The number of aliphatic carboxylic acids is 1. The first-order valence-corrected chi connectivity index (χ1v) is 8.49. The average Bonchev–Trinajstić information content (AvgIpc) is 2.99. The number of amides is 2. The van der Waals surface area contributed by atoms with Crippen molar-refractivity contribution in [3.05, 3.63) is 10.6 Å². The molecule has 0 aromatic carbocycles. The lowest BCUT2D eigenvalue weighted by Crippen LogP contribution is -2.51. The van der Waals surface area contributed by atoms with Crippen molar-refractivity contribution < 1.29 is 14.7 Å². The zero-order valence-electron chi connectivity index (χ0n) is 10.8. The van der Waals surface area contributed by atoms with Crippen molar-refractivity contribution >= 4 is 40.2 Å². The largest absolute Gasteiger partial charge is 0.480 e. The maximum atomic E-state index is 12.2. The molecule has 0 radical (unpaired) electrons. The summed E-state index contributed by atoms with van der Waals surface area (Å²) in [6.45, 7) is 0.457. The quantitative estimate of drug-likeness (QED) is 0.868. The molecule has 1 fully saturated rings. The second-order valence-electron chi connectivity index (χ2n) is 4.79. The molecule has 1 unspecified atom stereocenters. The molecule has 20 heavy (non-hydrogen) atoms. The number of aryl methyl sites for hydroxylation is 2. The van der Waals surface area contributed by atoms with Crippen LogP contribution in [-0.2, 0) is 17.6 Å². The van der Waals surface area contributed by atoms with Gasteiger partial charge in [0.05, 0.1) is 5.69 Å². The number of thioether (sulfide) groups is 1. The molecule has 2 amide bonds. The third kappa shape index (κ3) is 2.62. The normalized spacial score (nSPS) is 21.6. The Bertz CT molecular complexity index is 525. The molecule has 1 atom stereocenters. The molecular weight excluding hydrogens is 298 g/mol. The monoisotopic (exact) mass is 313 g/mol. The number of carbonyl (C=O) groups is 2. The Balaban J connectivity index is 1.69. The fraction of sp³-hybridized carbons (Fsp3) is 0.583. The lowest BCUT2D eigenvalue weighted by Gasteiger charge is -2.32. The second kappa shape index (κ2) is 5.61. The fourth-order valence-corrected chi connectivity index (χ4v) is 4.54. The summed E-state index contributed by atoms with van der Waals surface area (Å²) in [6.07, 6.45) is 3.13. The van der Waals surface area contributed by atoms with Crippen molar-refractivity contribution in [2.24, 2.45) is 0 Å². The van der Waals surface area contributed by atoms with Gasteiger partial charge in [0.1, 0.15) is 6.04 Å². The van der Waals surface area contributed by atoms with Crippen LogP contribution in [0, 0.1) is 0 Å². The molecule has 1 aromatic heterocycles. The number of urea groups is 1. The third-order valence-corrected chi connectivity index (χ3v) is 5.58. The summed E-state index contributed by atoms with van der Waals surface area (Å²) in [5, 5.41) is 12.5. The summed E-state index contributed by atoms with van der Waals surface area (Å²) in [4.78, 5) is 30.4. The lowest BCUT2D eigenvalue weighted by molar-refractivity contribution is -0.141. The Morgan fingerprint density at radius 1 is 1.40 bits per heavy atom. The van der Waals surface area contributed by atoms with Crippen LogP contribution in [0.1, 0.15) is 17.0 Å². The number of aromatic nitrogens is 1. The zero-order valence-corrected chi connectivity index (χ0v) is 12.4. The summed E-state index contributed by atoms with van der Waals surface area (Å²) in [5.41, 5.74) is 1.08. The Kier molecular flexibility index (Phi) is 3.84. The highest BCUT2D eigenvalue weighted by Crippen LogP contribution is 2.30. The van der Waals surface area contributed by atoms with Gasteiger partial charge in [-0.3, -0.25) is 5.32 Å². The minimum Gasteiger partial charge on any atom is -0.480 e. The van der Waals surface area contributed by atoms with Crippen molar-refractivity contribution in [3.63, 3.8) is 0 Å². The van der Waals surface area contributed by atoms with E-state index < -0.39 is 12.0 Å². The van der Waals surface area contributed by atoms with E-state index >= 15 is 0 Å². The molecule has 2 aliphatic rings. The first kappa shape index (κ1) is 13.7. The van der Waals surface area contributed by atoms with Gasteiger partial charge in [-0.25, -0.2) is 14.6 Å². The number of carboxylic acids is 1. The SMILES string of the molecule is O=C(O)C1CSCCN1C(=O)Nc1nc2c(s1)CCC2. The van der Waals surface area contributed by atoms with Crippen LogP contribution in [0.3, 0.4) is 0 Å². The van der Waals surface area contributed by atoms with E-state index in [0.717, 1.165) is 30.7 Å². The minimum absolute atomic E-state index is 0.356. The Labute approximate surface area is 124 Å². The van der Waals surface area contributed by atoms with Crippen LogP contribution in [0.15, 0.2) is 0 Å². The molecule has 0 bridgehead atoms. The van der Waals surface area contributed by atoms with Gasteiger partial charge >= 0.3 is 12.0 Å². The predicted octanol–water partition coefficient (Wildman–Crippen LogP) is 1.67. The highest BCUT2D eigenvalue weighted by Gasteiger charge is 2.33. The molecule has 6 nitrogen and oxygen atoms in total. The lowest BCUT2D eigenvalue weighted by atomic mass is 10.3. The van der Waals surface area contributed by atoms with Gasteiger partial charge < -0.3 is 10.0 Å². The summed E-state index contributed by atoms with van der Waals surface area (Å²) in [6, 6.07) is -1.11. The average molecular weight is 313 g/mol. The molecule has 1 aromatic rings. The van der Waals surface area contributed by atoms with Crippen LogP contribution in [0.4, 0.5) is 9.93 Å². The fourth-order valence-electron chi connectivity index (χ4n) is 2.46. The van der Waals surface area contributed by atoms with Crippen molar-refractivity contribution in [2.45, 2.75) is 25.3 Å². The first-order chi connectivity index (χ1) is 9.65. The van der Waals surface area contributed by atoms with Crippen LogP contribution in [0.25, 0.3) is 0 Å². The van der Waals surface area contributed by atoms with E-state index in [1.165, 1.54) is 21.1 Å². The van der Waals surface area contributed by atoms with Crippen LogP contribution >= 0.6 is 23.1 Å². The Morgan fingerprint density at radius 2 is 2.25 bits per heavy atom. The second-order valence-corrected chi connectivity index (χ2v) is 7.03. The topological polar surface area (TPSA) is 82.5 Å². The first-order valence-electron chi connectivity index (χ1n) is 6.52. The number of nitrogens with one attached hydrogen (secondary N) is 1. The summed E-state index contributed by atoms with van der Waals surface area (Å²) < 4.78 is 0. The maximum Gasteiger partial charge on any atom is 0.327 e. The van der Waals surface area contributed by atoms with Crippen LogP contribution in [0.5, 0.6) is 0 Å². The third-order valence-electron chi connectivity index (χ3n) is 3.48. The minimum atomic E-state index is -0.950. The standard InChI is InChI=1S/C12H15N3O3S2/c16-10(17)8-6-19-5-4-15(8)12(18)14-11-13-7-2-1-3-9(7)20-11/h8H,1-6H2,(H,16,17)(H,13,14,18). The van der Waals surface area contributed by atoms with Gasteiger partial charge in [-0.15, -0.1) is 11.3 Å². The van der Waals surface area contributed by atoms with E-state index in [2.05, 4.69) is 10.3 Å². The smallest absolute Gasteiger partial charge is 0.327 e. The van der Waals surface area contributed by atoms with Crippen LogP contribution in [-0.4, -0.2) is 51.1 Å². The van der Waals surface area contributed by atoms with Gasteiger partial charge in [-0.05, 0) is 19.3 Å². The van der Waals surface area contributed by atoms with Gasteiger partial charge in [0.15, 0.2) is 5.13 Å². The van der Waals surface area contributed by atoms with E-state index in [-0.39, 0.29) is 6.03 Å². The molecule has 1 aliphatic heterocycles. The maximum absolute atomic E-state index is 12.2. The van der Waals surface area contributed by atoms with E-state index in [0.29, 0.717) is 17.4 Å². The zero-order chi connectivity index (χ0) is 14.1. The van der Waals surface area contributed by atoms with E-state index in [1.54, 1.807) is 11.8 Å². The van der Waals surface area contributed by atoms with Crippen LogP contribution in [0.2, 0.25) is 0 Å². The number of carbonyl (C=O) groups excluding carboxylic acids is 1. The molecule has 2 heterocycles. The van der Waals surface area contributed by atoms with Gasteiger partial charge in [-0.2, -0.15) is 11.8 Å². The van der Waals surface area contributed by atoms with Crippen LogP contribution < -0.4 is 5.32 Å². The number of rotatable bonds is 2. The van der Waals surface area contributed by atoms with Crippen molar-refractivity contribution in [2.75, 3.05) is 23.4 Å². The number of hydrogen-bond acceptors (Lipinski definition) is 5. The molecule has 0 spiro atoms. The molecule has 0 saturated carbocycles. The number of nitrogens with zero attached hydrogens (tertiary/aromatic N) is 2. The summed E-state index contributed by atoms with van der Waals surface area (Å²) in [7, 11) is 0. The number of carboxylic acid groups (broad SMARTS) is 1. The van der Waals surface area contributed by atoms with E-state index in [9.17, 15) is 14.7 Å². The van der Waals surface area contributed by atoms with Crippen molar-refractivity contribution in [3.8, 4) is 0 Å².